The molecule has 0 aliphatic carbocycles. The highest BCUT2D eigenvalue weighted by Gasteiger charge is 2.12. The van der Waals surface area contributed by atoms with Gasteiger partial charge in [-0.1, -0.05) is 63.9 Å². The average molecular weight is 508 g/mol. The SMILES string of the molecule is O=C(Oc1ccc(Br)cc1C=NNC(=O)c1cccc2ccccc12)c1ccc(Cl)cc1. The maximum Gasteiger partial charge on any atom is 0.343 e. The van der Waals surface area contributed by atoms with Crippen LogP contribution in [0, 0.1) is 0 Å². The number of hydrazone groups is 1. The molecule has 0 heterocycles. The topological polar surface area (TPSA) is 67.8 Å². The van der Waals surface area contributed by atoms with Crippen LogP contribution in [0.25, 0.3) is 10.8 Å². The van der Waals surface area contributed by atoms with E-state index < -0.39 is 5.97 Å². The van der Waals surface area contributed by atoms with Gasteiger partial charge in [-0.15, -0.1) is 0 Å². The number of esters is 1. The van der Waals surface area contributed by atoms with E-state index >= 15 is 0 Å². The fraction of sp³-hybridized carbons (Fsp3) is 0. The molecule has 1 amide bonds. The van der Waals surface area contributed by atoms with E-state index in [1.54, 1.807) is 48.5 Å². The fourth-order valence-corrected chi connectivity index (χ4v) is 3.61. The number of carbonyl (C=O) groups is 2. The van der Waals surface area contributed by atoms with Gasteiger partial charge in [-0.25, -0.2) is 10.2 Å². The number of amides is 1. The second kappa shape index (κ2) is 9.77. The summed E-state index contributed by atoms with van der Waals surface area (Å²) in [5.41, 5.74) is 3.93. The molecule has 0 atom stereocenters. The number of halogens is 2. The van der Waals surface area contributed by atoms with Crippen molar-refractivity contribution in [2.24, 2.45) is 5.10 Å². The highest BCUT2D eigenvalue weighted by molar-refractivity contribution is 9.10. The second-order valence-corrected chi connectivity index (χ2v) is 8.16. The molecule has 0 spiro atoms. The van der Waals surface area contributed by atoms with Crippen molar-refractivity contribution in [3.8, 4) is 5.75 Å². The van der Waals surface area contributed by atoms with Crippen LogP contribution in [-0.4, -0.2) is 18.1 Å². The summed E-state index contributed by atoms with van der Waals surface area (Å²) in [5.74, 6) is -0.567. The van der Waals surface area contributed by atoms with Crippen molar-refractivity contribution in [2.75, 3.05) is 0 Å². The number of carbonyl (C=O) groups excluding carboxylic acids is 2. The molecule has 0 aromatic heterocycles. The van der Waals surface area contributed by atoms with Gasteiger partial charge < -0.3 is 4.74 Å². The summed E-state index contributed by atoms with van der Waals surface area (Å²) in [6.45, 7) is 0. The molecular weight excluding hydrogens is 492 g/mol. The number of nitrogens with one attached hydrogen (secondary N) is 1. The predicted octanol–water partition coefficient (Wildman–Crippen LogP) is 6.24. The second-order valence-electron chi connectivity index (χ2n) is 6.80. The van der Waals surface area contributed by atoms with Crippen LogP contribution in [0.15, 0.2) is 94.5 Å². The van der Waals surface area contributed by atoms with Crippen molar-refractivity contribution >= 4 is 56.4 Å². The molecule has 158 valence electrons. The van der Waals surface area contributed by atoms with Gasteiger partial charge >= 0.3 is 5.97 Å². The zero-order valence-electron chi connectivity index (χ0n) is 16.6. The molecule has 0 fully saturated rings. The van der Waals surface area contributed by atoms with E-state index in [1.165, 1.54) is 6.21 Å². The van der Waals surface area contributed by atoms with Crippen molar-refractivity contribution in [1.82, 2.24) is 5.43 Å². The van der Waals surface area contributed by atoms with Gasteiger partial charge in [0.15, 0.2) is 0 Å². The molecule has 4 aromatic rings. The van der Waals surface area contributed by atoms with Crippen molar-refractivity contribution in [3.63, 3.8) is 0 Å². The summed E-state index contributed by atoms with van der Waals surface area (Å²) in [4.78, 5) is 25.1. The van der Waals surface area contributed by atoms with Gasteiger partial charge in [0.05, 0.1) is 11.8 Å². The molecule has 1 N–H and O–H groups in total. The molecule has 0 saturated heterocycles. The number of ether oxygens (including phenoxy) is 1. The molecule has 4 aromatic carbocycles. The van der Waals surface area contributed by atoms with Gasteiger partial charge in [-0.3, -0.25) is 4.79 Å². The van der Waals surface area contributed by atoms with Gasteiger partial charge in [-0.2, -0.15) is 5.10 Å². The van der Waals surface area contributed by atoms with E-state index in [1.807, 2.05) is 36.4 Å². The maximum atomic E-state index is 12.7. The Hall–Kier alpha value is -3.48. The highest BCUT2D eigenvalue weighted by Crippen LogP contribution is 2.23. The van der Waals surface area contributed by atoms with Gasteiger partial charge in [0.2, 0.25) is 0 Å². The largest absolute Gasteiger partial charge is 0.422 e. The lowest BCUT2D eigenvalue weighted by atomic mass is 10.0. The fourth-order valence-electron chi connectivity index (χ4n) is 3.10. The number of fused-ring (bicyclic) bond motifs is 1. The minimum atomic E-state index is -0.529. The molecule has 0 aliphatic heterocycles. The Morgan fingerprint density at radius 2 is 1.69 bits per heavy atom. The molecule has 0 bridgehead atoms. The van der Waals surface area contributed by atoms with E-state index in [4.69, 9.17) is 16.3 Å². The molecule has 0 aliphatic rings. The Balaban J connectivity index is 1.52. The molecule has 0 radical (unpaired) electrons. The monoisotopic (exact) mass is 506 g/mol. The van der Waals surface area contributed by atoms with Gasteiger partial charge in [0, 0.05) is 20.6 Å². The van der Waals surface area contributed by atoms with Gasteiger partial charge in [-0.05, 0) is 59.3 Å². The quantitative estimate of drug-likeness (QED) is 0.150. The summed E-state index contributed by atoms with van der Waals surface area (Å²) in [5, 5.41) is 6.39. The molecule has 4 rings (SSSR count). The van der Waals surface area contributed by atoms with Crippen LogP contribution in [0.2, 0.25) is 5.02 Å². The third-order valence-electron chi connectivity index (χ3n) is 4.66. The van der Waals surface area contributed by atoms with Gasteiger partial charge in [0.1, 0.15) is 5.75 Å². The van der Waals surface area contributed by atoms with Crippen LogP contribution in [0.3, 0.4) is 0 Å². The summed E-state index contributed by atoms with van der Waals surface area (Å²) in [6.07, 6.45) is 1.43. The van der Waals surface area contributed by atoms with Crippen molar-refractivity contribution in [1.29, 1.82) is 0 Å². The number of nitrogens with zero attached hydrogens (tertiary/aromatic N) is 1. The van der Waals surface area contributed by atoms with Crippen molar-refractivity contribution < 1.29 is 14.3 Å². The Bertz CT molecular complexity index is 1330. The lowest BCUT2D eigenvalue weighted by Gasteiger charge is -2.08. The van der Waals surface area contributed by atoms with E-state index in [0.29, 0.717) is 27.5 Å². The first kappa shape index (κ1) is 21.7. The number of rotatable bonds is 5. The third kappa shape index (κ3) is 5.04. The molecule has 0 unspecified atom stereocenters. The smallest absolute Gasteiger partial charge is 0.343 e. The minimum Gasteiger partial charge on any atom is -0.422 e. The van der Waals surface area contributed by atoms with Crippen LogP contribution in [0.1, 0.15) is 26.3 Å². The molecule has 5 nitrogen and oxygen atoms in total. The normalized spacial score (nSPS) is 10.9. The Morgan fingerprint density at radius 1 is 0.938 bits per heavy atom. The maximum absolute atomic E-state index is 12.7. The van der Waals surface area contributed by atoms with E-state index in [-0.39, 0.29) is 5.91 Å². The molecule has 32 heavy (non-hydrogen) atoms. The summed E-state index contributed by atoms with van der Waals surface area (Å²) < 4.78 is 6.29. The molecule has 0 saturated carbocycles. The summed E-state index contributed by atoms with van der Waals surface area (Å²) >= 11 is 9.27. The van der Waals surface area contributed by atoms with Crippen LogP contribution in [0.5, 0.6) is 5.75 Å². The van der Waals surface area contributed by atoms with E-state index in [2.05, 4.69) is 26.5 Å². The van der Waals surface area contributed by atoms with Crippen molar-refractivity contribution in [3.05, 3.63) is 111 Å². The first-order chi connectivity index (χ1) is 15.5. The number of benzene rings is 4. The first-order valence-corrected chi connectivity index (χ1v) is 10.8. The zero-order valence-corrected chi connectivity index (χ0v) is 18.9. The van der Waals surface area contributed by atoms with E-state index in [0.717, 1.165) is 15.2 Å². The lowest BCUT2D eigenvalue weighted by molar-refractivity contribution is 0.0734. The first-order valence-electron chi connectivity index (χ1n) is 9.60. The Kier molecular flexibility index (Phi) is 6.63. The highest BCUT2D eigenvalue weighted by atomic mass is 79.9. The lowest BCUT2D eigenvalue weighted by Crippen LogP contribution is -2.18. The summed E-state index contributed by atoms with van der Waals surface area (Å²) in [6, 6.07) is 24.7. The Morgan fingerprint density at radius 3 is 2.50 bits per heavy atom. The molecular formula is C25H16BrClN2O3. The van der Waals surface area contributed by atoms with E-state index in [9.17, 15) is 9.59 Å². The van der Waals surface area contributed by atoms with Crippen LogP contribution < -0.4 is 10.2 Å². The Labute approximate surface area is 197 Å². The van der Waals surface area contributed by atoms with Gasteiger partial charge in [0.25, 0.3) is 5.91 Å². The number of hydrogen-bond acceptors (Lipinski definition) is 4. The minimum absolute atomic E-state index is 0.302. The third-order valence-corrected chi connectivity index (χ3v) is 5.40. The van der Waals surface area contributed by atoms with Crippen LogP contribution in [-0.2, 0) is 0 Å². The average Bonchev–Trinajstić information content (AvgIpc) is 2.80. The van der Waals surface area contributed by atoms with Crippen LogP contribution >= 0.6 is 27.5 Å². The predicted molar refractivity (Wildman–Crippen MR) is 130 cm³/mol. The number of hydrogen-bond donors (Lipinski definition) is 1. The molecule has 7 heteroatoms. The standard InChI is InChI=1S/C25H16BrClN2O3/c26-19-10-13-23(32-25(31)17-8-11-20(27)12-9-17)18(14-19)15-28-29-24(30)22-7-3-5-16-4-1-2-6-21(16)22/h1-15H,(H,29,30). The zero-order chi connectivity index (χ0) is 22.5. The summed E-state index contributed by atoms with van der Waals surface area (Å²) in [7, 11) is 0. The van der Waals surface area contributed by atoms with Crippen LogP contribution in [0.4, 0.5) is 0 Å². The van der Waals surface area contributed by atoms with Crippen molar-refractivity contribution in [2.45, 2.75) is 0 Å².